The predicted molar refractivity (Wildman–Crippen MR) is 66.8 cm³/mol. The average Bonchev–Trinajstić information content (AvgIpc) is 2.48. The molecule has 0 bridgehead atoms. The summed E-state index contributed by atoms with van der Waals surface area (Å²) < 4.78 is 26.8. The molecule has 0 aromatic heterocycles. The third kappa shape index (κ3) is 2.13. The largest absolute Gasteiger partial charge is 0.318 e. The van der Waals surface area contributed by atoms with Gasteiger partial charge in [-0.1, -0.05) is 27.7 Å². The minimum atomic E-state index is -3.21. The highest BCUT2D eigenvalue weighted by molar-refractivity contribution is 7.90. The molecule has 4 nitrogen and oxygen atoms in total. The van der Waals surface area contributed by atoms with Crippen LogP contribution in [0.5, 0.6) is 0 Å². The number of rotatable bonds is 5. The summed E-state index contributed by atoms with van der Waals surface area (Å²) in [5, 5.41) is 2.49. The van der Waals surface area contributed by atoms with E-state index in [1.165, 1.54) is 0 Å². The lowest BCUT2D eigenvalue weighted by atomic mass is 10.0. The lowest BCUT2D eigenvalue weighted by Gasteiger charge is -2.14. The maximum Gasteiger partial charge on any atom is 0.215 e. The van der Waals surface area contributed by atoms with E-state index in [4.69, 9.17) is 0 Å². The van der Waals surface area contributed by atoms with Gasteiger partial charge in [0.05, 0.1) is 5.25 Å². The van der Waals surface area contributed by atoms with E-state index in [-0.39, 0.29) is 16.9 Å². The molecule has 1 aliphatic carbocycles. The molecule has 2 N–H and O–H groups in total. The first-order valence-electron chi connectivity index (χ1n) is 5.73. The van der Waals surface area contributed by atoms with Crippen molar-refractivity contribution in [1.29, 1.82) is 0 Å². The van der Waals surface area contributed by atoms with Crippen LogP contribution in [0.1, 0.15) is 34.6 Å². The second-order valence-corrected chi connectivity index (χ2v) is 8.04. The summed E-state index contributed by atoms with van der Waals surface area (Å²) in [6.45, 7) is 10.6. The van der Waals surface area contributed by atoms with Gasteiger partial charge in [-0.2, -0.15) is 0 Å². The van der Waals surface area contributed by atoms with Gasteiger partial charge in [-0.3, -0.25) is 0 Å². The quantitative estimate of drug-likeness (QED) is 0.761. The first kappa shape index (κ1) is 13.9. The average molecular weight is 248 g/mol. The first-order chi connectivity index (χ1) is 7.07. The van der Waals surface area contributed by atoms with Gasteiger partial charge in [0.2, 0.25) is 10.0 Å². The van der Waals surface area contributed by atoms with E-state index in [1.807, 2.05) is 0 Å². The highest BCUT2D eigenvalue weighted by Gasteiger charge is 2.66. The normalized spacial score (nSPS) is 25.4. The SMILES string of the molecule is CNCC(C)S(=O)(=O)NC1C(C)(C)C1(C)C. The summed E-state index contributed by atoms with van der Waals surface area (Å²) in [5.74, 6) is 0. The Bertz CT molecular complexity index is 346. The smallest absolute Gasteiger partial charge is 0.215 e. The van der Waals surface area contributed by atoms with E-state index >= 15 is 0 Å². The summed E-state index contributed by atoms with van der Waals surface area (Å²) in [7, 11) is -1.45. The van der Waals surface area contributed by atoms with E-state index in [0.717, 1.165) is 0 Å². The molecule has 0 aliphatic heterocycles. The standard InChI is InChI=1S/C11H24N2O2S/c1-8(7-12-6)16(14,15)13-9-10(2,3)11(9,4)5/h8-9,12-13H,7H2,1-6H3. The Labute approximate surface area is 99.2 Å². The number of hydrogen-bond acceptors (Lipinski definition) is 3. The molecule has 0 heterocycles. The van der Waals surface area contributed by atoms with Crippen LogP contribution in [0.3, 0.4) is 0 Å². The first-order valence-corrected chi connectivity index (χ1v) is 7.27. The highest BCUT2D eigenvalue weighted by atomic mass is 32.2. The molecule has 16 heavy (non-hydrogen) atoms. The maximum atomic E-state index is 12.0. The molecule has 1 aliphatic rings. The van der Waals surface area contributed by atoms with Crippen molar-refractivity contribution in [1.82, 2.24) is 10.0 Å². The van der Waals surface area contributed by atoms with Crippen LogP contribution in [-0.2, 0) is 10.0 Å². The van der Waals surface area contributed by atoms with Gasteiger partial charge in [-0.05, 0) is 24.8 Å². The van der Waals surface area contributed by atoms with Crippen molar-refractivity contribution in [2.24, 2.45) is 10.8 Å². The monoisotopic (exact) mass is 248 g/mol. The van der Waals surface area contributed by atoms with Gasteiger partial charge in [0, 0.05) is 12.6 Å². The molecule has 5 heteroatoms. The molecule has 0 amide bonds. The van der Waals surface area contributed by atoms with E-state index in [1.54, 1.807) is 14.0 Å². The zero-order chi connectivity index (χ0) is 12.8. The fourth-order valence-electron chi connectivity index (χ4n) is 2.17. The molecule has 1 fully saturated rings. The Balaban J connectivity index is 2.70. The van der Waals surface area contributed by atoms with Gasteiger partial charge in [-0.15, -0.1) is 0 Å². The van der Waals surface area contributed by atoms with Gasteiger partial charge in [0.15, 0.2) is 0 Å². The molecule has 0 aromatic rings. The minimum Gasteiger partial charge on any atom is -0.318 e. The Hall–Kier alpha value is -0.130. The Morgan fingerprint density at radius 2 is 1.62 bits per heavy atom. The lowest BCUT2D eigenvalue weighted by Crippen LogP contribution is -2.40. The molecule has 0 radical (unpaired) electrons. The lowest BCUT2D eigenvalue weighted by molar-refractivity contribution is 0.457. The molecule has 1 unspecified atom stereocenters. The molecular formula is C11H24N2O2S. The topological polar surface area (TPSA) is 58.2 Å². The van der Waals surface area contributed by atoms with Crippen LogP contribution >= 0.6 is 0 Å². The number of sulfonamides is 1. The summed E-state index contributed by atoms with van der Waals surface area (Å²) in [4.78, 5) is 0. The molecular weight excluding hydrogens is 224 g/mol. The van der Waals surface area contributed by atoms with Crippen molar-refractivity contribution in [3.63, 3.8) is 0 Å². The van der Waals surface area contributed by atoms with Crippen molar-refractivity contribution in [2.75, 3.05) is 13.6 Å². The number of hydrogen-bond donors (Lipinski definition) is 2. The van der Waals surface area contributed by atoms with E-state index in [0.29, 0.717) is 6.54 Å². The van der Waals surface area contributed by atoms with Gasteiger partial charge in [0.1, 0.15) is 0 Å². The maximum absolute atomic E-state index is 12.0. The molecule has 1 rings (SSSR count). The third-order valence-electron chi connectivity index (χ3n) is 4.32. The van der Waals surface area contributed by atoms with Crippen LogP contribution in [-0.4, -0.2) is 33.3 Å². The Kier molecular flexibility index (Phi) is 3.45. The third-order valence-corrected chi connectivity index (χ3v) is 6.11. The van der Waals surface area contributed by atoms with Crippen molar-refractivity contribution < 1.29 is 8.42 Å². The highest BCUT2D eigenvalue weighted by Crippen LogP contribution is 2.62. The van der Waals surface area contributed by atoms with Crippen LogP contribution in [0, 0.1) is 10.8 Å². The van der Waals surface area contributed by atoms with Crippen LogP contribution in [0.25, 0.3) is 0 Å². The van der Waals surface area contributed by atoms with Crippen LogP contribution in [0.4, 0.5) is 0 Å². The summed E-state index contributed by atoms with van der Waals surface area (Å²) in [6, 6.07) is 0.0457. The van der Waals surface area contributed by atoms with E-state index < -0.39 is 15.3 Å². The summed E-state index contributed by atoms with van der Waals surface area (Å²) in [5.41, 5.74) is 0.0822. The Morgan fingerprint density at radius 3 is 1.94 bits per heavy atom. The van der Waals surface area contributed by atoms with Crippen LogP contribution < -0.4 is 10.0 Å². The van der Waals surface area contributed by atoms with Gasteiger partial charge < -0.3 is 5.32 Å². The zero-order valence-corrected chi connectivity index (χ0v) is 11.9. The van der Waals surface area contributed by atoms with Gasteiger partial charge in [0.25, 0.3) is 0 Å². The van der Waals surface area contributed by atoms with E-state index in [2.05, 4.69) is 37.7 Å². The predicted octanol–water partition coefficient (Wildman–Crippen LogP) is 0.948. The van der Waals surface area contributed by atoms with Crippen molar-refractivity contribution >= 4 is 10.0 Å². The van der Waals surface area contributed by atoms with Crippen LogP contribution in [0.15, 0.2) is 0 Å². The van der Waals surface area contributed by atoms with Gasteiger partial charge in [-0.25, -0.2) is 13.1 Å². The fourth-order valence-corrected chi connectivity index (χ4v) is 3.70. The Morgan fingerprint density at radius 1 is 1.19 bits per heavy atom. The van der Waals surface area contributed by atoms with Crippen molar-refractivity contribution in [3.05, 3.63) is 0 Å². The molecule has 1 atom stereocenters. The summed E-state index contributed by atoms with van der Waals surface area (Å²) in [6.07, 6.45) is 0. The van der Waals surface area contributed by atoms with Gasteiger partial charge >= 0.3 is 0 Å². The second kappa shape index (κ2) is 3.96. The molecule has 0 spiro atoms. The van der Waals surface area contributed by atoms with E-state index in [9.17, 15) is 8.42 Å². The molecule has 96 valence electrons. The molecule has 0 saturated heterocycles. The zero-order valence-electron chi connectivity index (χ0n) is 11.1. The van der Waals surface area contributed by atoms with Crippen LogP contribution in [0.2, 0.25) is 0 Å². The fraction of sp³-hybridized carbons (Fsp3) is 1.00. The minimum absolute atomic E-state index is 0.0411. The van der Waals surface area contributed by atoms with Crippen molar-refractivity contribution in [3.8, 4) is 0 Å². The van der Waals surface area contributed by atoms with Crippen molar-refractivity contribution in [2.45, 2.75) is 45.9 Å². The number of nitrogens with one attached hydrogen (secondary N) is 2. The molecule has 1 saturated carbocycles. The second-order valence-electron chi connectivity index (χ2n) is 5.91. The summed E-state index contributed by atoms with van der Waals surface area (Å²) >= 11 is 0. The molecule has 0 aromatic carbocycles.